The number of rotatable bonds is 2. The normalized spacial score (nSPS) is 23.1. The van der Waals surface area contributed by atoms with Gasteiger partial charge in [-0.25, -0.2) is 0 Å². The topological polar surface area (TPSA) is 44.4 Å². The molecule has 2 aliphatic heterocycles. The first-order chi connectivity index (χ1) is 9.29. The number of aryl methyl sites for hydroxylation is 1. The molecular formula is C15H21N3O. The number of nitrogens with one attached hydrogen (secondary N) is 2. The lowest BCUT2D eigenvalue weighted by Crippen LogP contribution is -2.50. The van der Waals surface area contributed by atoms with Crippen LogP contribution in [0, 0.1) is 0 Å². The summed E-state index contributed by atoms with van der Waals surface area (Å²) < 4.78 is 0. The number of hydrogen-bond acceptors (Lipinski definition) is 3. The smallest absolute Gasteiger partial charge is 0.227 e. The maximum atomic E-state index is 12.3. The van der Waals surface area contributed by atoms with Gasteiger partial charge in [0.15, 0.2) is 0 Å². The van der Waals surface area contributed by atoms with Crippen molar-refractivity contribution < 1.29 is 4.79 Å². The quantitative estimate of drug-likeness (QED) is 0.850. The summed E-state index contributed by atoms with van der Waals surface area (Å²) in [6.07, 6.45) is 3.75. The Morgan fingerprint density at radius 2 is 2.26 bits per heavy atom. The zero-order chi connectivity index (χ0) is 13.2. The SMILES string of the molecule is CNc1ccc2c(c1)CCC(=O)N2C1CCCNC1. The first kappa shape index (κ1) is 12.5. The third-order valence-corrected chi connectivity index (χ3v) is 4.14. The molecule has 1 atom stereocenters. The Balaban J connectivity index is 1.94. The molecule has 102 valence electrons. The molecule has 0 aliphatic carbocycles. The lowest BCUT2D eigenvalue weighted by atomic mass is 9.96. The number of hydrogen-bond donors (Lipinski definition) is 2. The summed E-state index contributed by atoms with van der Waals surface area (Å²) in [5, 5.41) is 6.57. The molecule has 1 aromatic carbocycles. The Morgan fingerprint density at radius 1 is 1.37 bits per heavy atom. The van der Waals surface area contributed by atoms with E-state index in [2.05, 4.69) is 28.8 Å². The van der Waals surface area contributed by atoms with Gasteiger partial charge in [-0.1, -0.05) is 0 Å². The molecule has 0 bridgehead atoms. The number of nitrogens with zero attached hydrogens (tertiary/aromatic N) is 1. The van der Waals surface area contributed by atoms with Crippen molar-refractivity contribution in [1.82, 2.24) is 5.32 Å². The van der Waals surface area contributed by atoms with Crippen LogP contribution >= 0.6 is 0 Å². The van der Waals surface area contributed by atoms with Gasteiger partial charge >= 0.3 is 0 Å². The first-order valence-corrected chi connectivity index (χ1v) is 7.13. The molecule has 1 aromatic rings. The summed E-state index contributed by atoms with van der Waals surface area (Å²) in [6.45, 7) is 1.99. The number of carbonyl (C=O) groups excluding carboxylic acids is 1. The van der Waals surface area contributed by atoms with E-state index < -0.39 is 0 Å². The van der Waals surface area contributed by atoms with Crippen LogP contribution in [0.3, 0.4) is 0 Å². The van der Waals surface area contributed by atoms with Gasteiger partial charge in [0.05, 0.1) is 0 Å². The molecule has 1 amide bonds. The molecule has 3 rings (SSSR count). The van der Waals surface area contributed by atoms with Gasteiger partial charge in [-0.15, -0.1) is 0 Å². The van der Waals surface area contributed by atoms with Crippen molar-refractivity contribution in [2.75, 3.05) is 30.4 Å². The zero-order valence-corrected chi connectivity index (χ0v) is 11.4. The Labute approximate surface area is 114 Å². The van der Waals surface area contributed by atoms with Crippen molar-refractivity contribution in [2.45, 2.75) is 31.7 Å². The molecule has 2 aliphatic rings. The Hall–Kier alpha value is -1.55. The van der Waals surface area contributed by atoms with Crippen molar-refractivity contribution in [1.29, 1.82) is 0 Å². The third kappa shape index (κ3) is 2.32. The Morgan fingerprint density at radius 3 is 3.00 bits per heavy atom. The molecule has 1 fully saturated rings. The van der Waals surface area contributed by atoms with E-state index in [1.807, 2.05) is 11.9 Å². The highest BCUT2D eigenvalue weighted by Gasteiger charge is 2.31. The predicted molar refractivity (Wildman–Crippen MR) is 77.7 cm³/mol. The second-order valence-corrected chi connectivity index (χ2v) is 5.36. The van der Waals surface area contributed by atoms with Crippen molar-refractivity contribution >= 4 is 17.3 Å². The van der Waals surface area contributed by atoms with E-state index in [1.54, 1.807) is 0 Å². The van der Waals surface area contributed by atoms with Gasteiger partial charge in [-0.3, -0.25) is 4.79 Å². The zero-order valence-electron chi connectivity index (χ0n) is 11.4. The predicted octanol–water partition coefficient (Wildman–Crippen LogP) is 1.76. The maximum Gasteiger partial charge on any atom is 0.227 e. The van der Waals surface area contributed by atoms with Crippen molar-refractivity contribution in [3.63, 3.8) is 0 Å². The fourth-order valence-electron chi connectivity index (χ4n) is 3.13. The van der Waals surface area contributed by atoms with Crippen LogP contribution in [-0.2, 0) is 11.2 Å². The molecule has 0 radical (unpaired) electrons. The maximum absolute atomic E-state index is 12.3. The molecule has 2 heterocycles. The summed E-state index contributed by atoms with van der Waals surface area (Å²) in [7, 11) is 1.93. The molecule has 1 saturated heterocycles. The third-order valence-electron chi connectivity index (χ3n) is 4.14. The number of piperidine rings is 1. The second kappa shape index (κ2) is 5.21. The average molecular weight is 259 g/mol. The first-order valence-electron chi connectivity index (χ1n) is 7.13. The fourth-order valence-corrected chi connectivity index (χ4v) is 3.13. The standard InChI is InChI=1S/C15H21N3O/c1-16-12-5-6-14-11(9-12)4-7-15(19)18(14)13-3-2-8-17-10-13/h5-6,9,13,16-17H,2-4,7-8,10H2,1H3. The van der Waals surface area contributed by atoms with Gasteiger partial charge in [0.2, 0.25) is 5.91 Å². The van der Waals surface area contributed by atoms with Crippen LogP contribution < -0.4 is 15.5 Å². The summed E-state index contributed by atoms with van der Waals surface area (Å²) in [5.41, 5.74) is 3.52. The van der Waals surface area contributed by atoms with E-state index in [0.29, 0.717) is 12.5 Å². The molecule has 19 heavy (non-hydrogen) atoms. The summed E-state index contributed by atoms with van der Waals surface area (Å²) in [4.78, 5) is 14.3. The van der Waals surface area contributed by atoms with E-state index in [1.165, 1.54) is 5.56 Å². The van der Waals surface area contributed by atoms with Crippen LogP contribution in [0.2, 0.25) is 0 Å². The molecule has 0 aromatic heterocycles. The van der Waals surface area contributed by atoms with Crippen LogP contribution in [-0.4, -0.2) is 32.1 Å². The van der Waals surface area contributed by atoms with E-state index in [-0.39, 0.29) is 5.91 Å². The van der Waals surface area contributed by atoms with Crippen molar-refractivity contribution in [3.05, 3.63) is 23.8 Å². The summed E-state index contributed by atoms with van der Waals surface area (Å²) >= 11 is 0. The minimum absolute atomic E-state index is 0.276. The van der Waals surface area contributed by atoms with Crippen LogP contribution in [0.25, 0.3) is 0 Å². The van der Waals surface area contributed by atoms with E-state index >= 15 is 0 Å². The molecule has 0 saturated carbocycles. The average Bonchev–Trinajstić information content (AvgIpc) is 2.47. The second-order valence-electron chi connectivity index (χ2n) is 5.36. The lowest BCUT2D eigenvalue weighted by molar-refractivity contribution is -0.119. The van der Waals surface area contributed by atoms with Crippen LogP contribution in [0.5, 0.6) is 0 Å². The van der Waals surface area contributed by atoms with E-state index in [0.717, 1.165) is 43.7 Å². The highest BCUT2D eigenvalue weighted by atomic mass is 16.2. The van der Waals surface area contributed by atoms with Crippen LogP contribution in [0.4, 0.5) is 11.4 Å². The molecule has 0 spiro atoms. The van der Waals surface area contributed by atoms with Gasteiger partial charge < -0.3 is 15.5 Å². The molecule has 2 N–H and O–H groups in total. The number of carbonyl (C=O) groups is 1. The van der Waals surface area contributed by atoms with Gasteiger partial charge in [-0.05, 0) is 49.6 Å². The minimum atomic E-state index is 0.276. The Bertz CT molecular complexity index is 480. The molecule has 1 unspecified atom stereocenters. The van der Waals surface area contributed by atoms with Gasteiger partial charge in [0.25, 0.3) is 0 Å². The van der Waals surface area contributed by atoms with Crippen molar-refractivity contribution in [3.8, 4) is 0 Å². The highest BCUT2D eigenvalue weighted by Crippen LogP contribution is 2.32. The molecule has 4 heteroatoms. The number of benzene rings is 1. The van der Waals surface area contributed by atoms with Gasteiger partial charge in [0, 0.05) is 37.4 Å². The fraction of sp³-hybridized carbons (Fsp3) is 0.533. The lowest BCUT2D eigenvalue weighted by Gasteiger charge is -2.38. The van der Waals surface area contributed by atoms with Crippen LogP contribution in [0.1, 0.15) is 24.8 Å². The van der Waals surface area contributed by atoms with Crippen molar-refractivity contribution in [2.24, 2.45) is 0 Å². The molecular weight excluding hydrogens is 238 g/mol. The molecule has 4 nitrogen and oxygen atoms in total. The van der Waals surface area contributed by atoms with Crippen LogP contribution in [0.15, 0.2) is 18.2 Å². The van der Waals surface area contributed by atoms with E-state index in [4.69, 9.17) is 0 Å². The van der Waals surface area contributed by atoms with Gasteiger partial charge in [-0.2, -0.15) is 0 Å². The van der Waals surface area contributed by atoms with E-state index in [9.17, 15) is 4.79 Å². The monoisotopic (exact) mass is 259 g/mol. The Kier molecular flexibility index (Phi) is 3.42. The highest BCUT2D eigenvalue weighted by molar-refractivity contribution is 5.97. The summed E-state index contributed by atoms with van der Waals surface area (Å²) in [5.74, 6) is 0.276. The largest absolute Gasteiger partial charge is 0.388 e. The van der Waals surface area contributed by atoms with Gasteiger partial charge in [0.1, 0.15) is 0 Å². The number of anilines is 2. The summed E-state index contributed by atoms with van der Waals surface area (Å²) in [6, 6.07) is 6.64. The minimum Gasteiger partial charge on any atom is -0.388 e. The number of amides is 1. The number of fused-ring (bicyclic) bond motifs is 1.